The first kappa shape index (κ1) is 21.0. The maximum Gasteiger partial charge on any atom is 0.230 e. The molecule has 1 amide bonds. The molecule has 0 bridgehead atoms. The molecule has 0 unspecified atom stereocenters. The van der Waals surface area contributed by atoms with Crippen LogP contribution in [0.2, 0.25) is 0 Å². The van der Waals surface area contributed by atoms with E-state index in [4.69, 9.17) is 0 Å². The van der Waals surface area contributed by atoms with Gasteiger partial charge in [-0.1, -0.05) is 63.7 Å². The molecule has 0 saturated carbocycles. The Morgan fingerprint density at radius 3 is 2.31 bits per heavy atom. The maximum atomic E-state index is 12.6. The van der Waals surface area contributed by atoms with Crippen LogP contribution in [0, 0.1) is 5.92 Å². The number of aromatic nitrogens is 4. The highest BCUT2D eigenvalue weighted by Gasteiger charge is 2.19. The van der Waals surface area contributed by atoms with Gasteiger partial charge < -0.3 is 5.32 Å². The normalized spacial score (nSPS) is 12.3. The zero-order valence-electron chi connectivity index (χ0n) is 17.2. The Balaban J connectivity index is 1.59. The maximum absolute atomic E-state index is 12.6. The first-order chi connectivity index (χ1) is 13.9. The molecule has 2 heterocycles. The van der Waals surface area contributed by atoms with Crippen LogP contribution in [0.25, 0.3) is 11.4 Å². The van der Waals surface area contributed by atoms with E-state index in [0.29, 0.717) is 16.9 Å². The average molecular weight is 410 g/mol. The Kier molecular flexibility index (Phi) is 7.04. The number of rotatable bonds is 8. The molecule has 3 rings (SSSR count). The fourth-order valence-electron chi connectivity index (χ4n) is 3.02. The van der Waals surface area contributed by atoms with E-state index in [1.54, 1.807) is 12.4 Å². The van der Waals surface area contributed by atoms with E-state index in [1.807, 2.05) is 12.1 Å². The second kappa shape index (κ2) is 9.69. The van der Waals surface area contributed by atoms with Crippen molar-refractivity contribution in [2.75, 3.05) is 5.75 Å². The van der Waals surface area contributed by atoms with E-state index in [9.17, 15) is 4.79 Å². The molecule has 0 radical (unpaired) electrons. The number of nitrogens with zero attached hydrogens (tertiary/aromatic N) is 3. The topological polar surface area (TPSA) is 83.6 Å². The van der Waals surface area contributed by atoms with Crippen LogP contribution in [0.4, 0.5) is 0 Å². The summed E-state index contributed by atoms with van der Waals surface area (Å²) >= 11 is 1.32. The van der Waals surface area contributed by atoms with Gasteiger partial charge in [-0.25, -0.2) is 4.98 Å². The molecule has 3 aromatic rings. The summed E-state index contributed by atoms with van der Waals surface area (Å²) in [6, 6.07) is 12.2. The third kappa shape index (κ3) is 5.67. The van der Waals surface area contributed by atoms with Gasteiger partial charge in [-0.05, 0) is 35.1 Å². The number of hydrogen-bond donors (Lipinski definition) is 2. The monoisotopic (exact) mass is 409 g/mol. The molecule has 0 aliphatic heterocycles. The molecule has 1 atom stereocenters. The largest absolute Gasteiger partial charge is 0.348 e. The number of hydrogen-bond acceptors (Lipinski definition) is 5. The summed E-state index contributed by atoms with van der Waals surface area (Å²) < 4.78 is 0. The number of amides is 1. The van der Waals surface area contributed by atoms with E-state index in [0.717, 1.165) is 11.1 Å². The standard InChI is InChI=1S/C22H27N5OS/c1-14(2)16-5-7-17(8-6-16)20(15(3)4)24-19(28)13-29-22-25-21(26-27-22)18-9-11-23-12-10-18/h5-12,14-15,20H,13H2,1-4H3,(H,24,28)(H,25,26,27)/t20-/m1/s1. The lowest BCUT2D eigenvalue weighted by atomic mass is 9.93. The number of pyridine rings is 1. The van der Waals surface area contributed by atoms with Gasteiger partial charge in [-0.2, -0.15) is 0 Å². The number of nitrogens with one attached hydrogen (secondary N) is 2. The van der Waals surface area contributed by atoms with Gasteiger partial charge in [0.15, 0.2) is 5.82 Å². The van der Waals surface area contributed by atoms with E-state index in [-0.39, 0.29) is 23.6 Å². The van der Waals surface area contributed by atoms with Crippen molar-refractivity contribution in [1.82, 2.24) is 25.5 Å². The number of aromatic amines is 1. The Bertz CT molecular complexity index is 922. The lowest BCUT2D eigenvalue weighted by Crippen LogP contribution is -2.33. The van der Waals surface area contributed by atoms with Crippen molar-refractivity contribution in [2.24, 2.45) is 5.92 Å². The fourth-order valence-corrected chi connectivity index (χ4v) is 3.63. The van der Waals surface area contributed by atoms with Crippen LogP contribution >= 0.6 is 11.8 Å². The molecule has 0 fully saturated rings. The molecule has 0 spiro atoms. The number of benzene rings is 1. The summed E-state index contributed by atoms with van der Waals surface area (Å²) in [6.45, 7) is 8.59. The van der Waals surface area contributed by atoms with Gasteiger partial charge in [-0.3, -0.25) is 14.9 Å². The molecular formula is C22H27N5OS. The summed E-state index contributed by atoms with van der Waals surface area (Å²) in [6.07, 6.45) is 3.41. The van der Waals surface area contributed by atoms with Crippen LogP contribution in [0.15, 0.2) is 53.9 Å². The van der Waals surface area contributed by atoms with Crippen LogP contribution in [0.1, 0.15) is 50.8 Å². The van der Waals surface area contributed by atoms with Crippen LogP contribution in [-0.4, -0.2) is 31.8 Å². The predicted octanol–water partition coefficient (Wildman–Crippen LogP) is 4.60. The SMILES string of the molecule is CC(C)c1ccc([C@H](NC(=O)CSc2n[nH]c(-c3ccncc3)n2)C(C)C)cc1. The van der Waals surface area contributed by atoms with Crippen LogP contribution in [-0.2, 0) is 4.79 Å². The van der Waals surface area contributed by atoms with Gasteiger partial charge >= 0.3 is 0 Å². The van der Waals surface area contributed by atoms with Gasteiger partial charge in [0.2, 0.25) is 11.1 Å². The first-order valence-corrected chi connectivity index (χ1v) is 10.8. The molecule has 6 nitrogen and oxygen atoms in total. The average Bonchev–Trinajstić information content (AvgIpc) is 3.20. The molecule has 7 heteroatoms. The van der Waals surface area contributed by atoms with Crippen LogP contribution in [0.5, 0.6) is 0 Å². The van der Waals surface area contributed by atoms with E-state index in [1.165, 1.54) is 17.3 Å². The van der Waals surface area contributed by atoms with Crippen LogP contribution < -0.4 is 5.32 Å². The summed E-state index contributed by atoms with van der Waals surface area (Å²) in [7, 11) is 0. The van der Waals surface area contributed by atoms with Crippen molar-refractivity contribution in [2.45, 2.75) is 44.8 Å². The lowest BCUT2D eigenvalue weighted by molar-refractivity contribution is -0.119. The zero-order valence-corrected chi connectivity index (χ0v) is 18.0. The quantitative estimate of drug-likeness (QED) is 0.532. The Labute approximate surface area is 176 Å². The molecular weight excluding hydrogens is 382 g/mol. The zero-order chi connectivity index (χ0) is 20.8. The van der Waals surface area contributed by atoms with Crippen molar-refractivity contribution in [1.29, 1.82) is 0 Å². The molecule has 2 N–H and O–H groups in total. The summed E-state index contributed by atoms with van der Waals surface area (Å²) in [5.74, 6) is 1.68. The third-order valence-electron chi connectivity index (χ3n) is 4.70. The minimum absolute atomic E-state index is 0.0242. The number of carbonyl (C=O) groups excluding carboxylic acids is 1. The Morgan fingerprint density at radius 1 is 1.03 bits per heavy atom. The number of thioether (sulfide) groups is 1. The highest BCUT2D eigenvalue weighted by atomic mass is 32.2. The van der Waals surface area contributed by atoms with Crippen molar-refractivity contribution < 1.29 is 4.79 Å². The van der Waals surface area contributed by atoms with E-state index in [2.05, 4.69) is 77.4 Å². The van der Waals surface area contributed by atoms with Gasteiger partial charge in [0.1, 0.15) is 0 Å². The molecule has 0 aliphatic rings. The summed E-state index contributed by atoms with van der Waals surface area (Å²) in [5, 5.41) is 10.8. The third-order valence-corrected chi connectivity index (χ3v) is 5.54. The van der Waals surface area contributed by atoms with Gasteiger partial charge in [0.25, 0.3) is 0 Å². The smallest absolute Gasteiger partial charge is 0.230 e. The molecule has 29 heavy (non-hydrogen) atoms. The predicted molar refractivity (Wildman–Crippen MR) is 117 cm³/mol. The number of H-pyrrole nitrogens is 1. The van der Waals surface area contributed by atoms with Crippen molar-refractivity contribution in [3.63, 3.8) is 0 Å². The lowest BCUT2D eigenvalue weighted by Gasteiger charge is -2.23. The molecule has 0 aliphatic carbocycles. The molecule has 152 valence electrons. The van der Waals surface area contributed by atoms with Gasteiger partial charge in [-0.15, -0.1) is 5.10 Å². The van der Waals surface area contributed by atoms with E-state index < -0.39 is 0 Å². The highest BCUT2D eigenvalue weighted by molar-refractivity contribution is 7.99. The first-order valence-electron chi connectivity index (χ1n) is 9.79. The van der Waals surface area contributed by atoms with Gasteiger partial charge in [0.05, 0.1) is 11.8 Å². The van der Waals surface area contributed by atoms with Crippen LogP contribution in [0.3, 0.4) is 0 Å². The van der Waals surface area contributed by atoms with Crippen molar-refractivity contribution in [3.8, 4) is 11.4 Å². The summed E-state index contributed by atoms with van der Waals surface area (Å²) in [5.41, 5.74) is 3.34. The Hall–Kier alpha value is -2.67. The van der Waals surface area contributed by atoms with Crippen molar-refractivity contribution >= 4 is 17.7 Å². The minimum Gasteiger partial charge on any atom is -0.348 e. The van der Waals surface area contributed by atoms with Gasteiger partial charge in [0, 0.05) is 18.0 Å². The second-order valence-electron chi connectivity index (χ2n) is 7.60. The fraction of sp³-hybridized carbons (Fsp3) is 0.364. The highest BCUT2D eigenvalue weighted by Crippen LogP contribution is 2.25. The minimum atomic E-state index is -0.0307. The summed E-state index contributed by atoms with van der Waals surface area (Å²) in [4.78, 5) is 21.0. The molecule has 0 saturated heterocycles. The van der Waals surface area contributed by atoms with E-state index >= 15 is 0 Å². The number of carbonyl (C=O) groups is 1. The second-order valence-corrected chi connectivity index (χ2v) is 8.54. The molecule has 2 aromatic heterocycles. The Morgan fingerprint density at radius 2 is 1.69 bits per heavy atom. The molecule has 1 aromatic carbocycles. The van der Waals surface area contributed by atoms with Crippen molar-refractivity contribution in [3.05, 3.63) is 59.9 Å².